The number of benzene rings is 1. The van der Waals surface area contributed by atoms with Crippen LogP contribution in [-0.4, -0.2) is 64.7 Å². The van der Waals surface area contributed by atoms with E-state index in [2.05, 4.69) is 10.6 Å². The number of nitrogens with zero attached hydrogens (tertiary/aromatic N) is 1. The van der Waals surface area contributed by atoms with Crippen molar-refractivity contribution in [2.75, 3.05) is 19.7 Å². The zero-order valence-corrected chi connectivity index (χ0v) is 20.4. The number of amides is 3. The lowest BCUT2D eigenvalue weighted by atomic mass is 9.62. The highest BCUT2D eigenvalue weighted by molar-refractivity contribution is 5.99. The maximum atomic E-state index is 13.8. The summed E-state index contributed by atoms with van der Waals surface area (Å²) in [6.45, 7) is 7.21. The molecule has 186 valence electrons. The number of ether oxygens (including phenoxy) is 1. The van der Waals surface area contributed by atoms with Crippen LogP contribution in [0.1, 0.15) is 52.0 Å². The molecule has 4 rings (SSSR count). The molecule has 1 aromatic rings. The Morgan fingerprint density at radius 1 is 1.18 bits per heavy atom. The Morgan fingerprint density at radius 3 is 2.59 bits per heavy atom. The molecular formula is C26H37N3O5. The van der Waals surface area contributed by atoms with Gasteiger partial charge in [-0.05, 0) is 44.1 Å². The molecule has 0 saturated carbocycles. The molecule has 1 spiro atoms. The van der Waals surface area contributed by atoms with E-state index in [4.69, 9.17) is 4.74 Å². The first kappa shape index (κ1) is 24.7. The van der Waals surface area contributed by atoms with Gasteiger partial charge in [-0.1, -0.05) is 44.2 Å². The van der Waals surface area contributed by atoms with E-state index in [0.717, 1.165) is 12.0 Å². The standard InChI is InChI=1S/C26H37N3O5/c1-4-12-27-22(31)19-20-24(33)29(13-8-9-14-30)21(26(20)15-17(2)25(19,3)34-26)23(32)28-16-18-10-6-5-7-11-18/h5-7,10-11,17,19-21,30H,4,8-9,12-16H2,1-3H3,(H,27,31)(H,28,32)/t17?,19-,20-,21?,25+,26?/m0/s1. The normalized spacial score (nSPS) is 33.8. The van der Waals surface area contributed by atoms with E-state index in [0.29, 0.717) is 38.9 Å². The van der Waals surface area contributed by atoms with Gasteiger partial charge in [-0.25, -0.2) is 0 Å². The van der Waals surface area contributed by atoms with Crippen LogP contribution in [0.15, 0.2) is 30.3 Å². The SMILES string of the molecule is CCCNC(=O)[C@@H]1[C@H]2C(=O)N(CCCCO)C(C(=O)NCc3ccccc3)C23CC(C)[C@@]1(C)O3. The molecule has 34 heavy (non-hydrogen) atoms. The summed E-state index contributed by atoms with van der Waals surface area (Å²) in [5.74, 6) is -1.91. The van der Waals surface area contributed by atoms with E-state index in [1.54, 1.807) is 4.90 Å². The number of rotatable bonds is 10. The summed E-state index contributed by atoms with van der Waals surface area (Å²) in [7, 11) is 0. The molecule has 3 saturated heterocycles. The predicted molar refractivity (Wildman–Crippen MR) is 126 cm³/mol. The van der Waals surface area contributed by atoms with Crippen molar-refractivity contribution in [2.24, 2.45) is 17.8 Å². The summed E-state index contributed by atoms with van der Waals surface area (Å²) in [6.07, 6.45) is 2.47. The molecule has 3 aliphatic rings. The maximum Gasteiger partial charge on any atom is 0.246 e. The van der Waals surface area contributed by atoms with Crippen LogP contribution in [0.25, 0.3) is 0 Å². The third kappa shape index (κ3) is 3.90. The molecule has 1 aromatic carbocycles. The van der Waals surface area contributed by atoms with Gasteiger partial charge >= 0.3 is 0 Å². The Hall–Kier alpha value is -2.45. The van der Waals surface area contributed by atoms with Gasteiger partial charge in [-0.3, -0.25) is 14.4 Å². The molecule has 6 atom stereocenters. The molecule has 0 radical (unpaired) electrons. The van der Waals surface area contributed by atoms with Gasteiger partial charge in [0.2, 0.25) is 17.7 Å². The summed E-state index contributed by atoms with van der Waals surface area (Å²) in [4.78, 5) is 42.4. The number of nitrogens with one attached hydrogen (secondary N) is 2. The lowest BCUT2D eigenvalue weighted by Gasteiger charge is -2.36. The van der Waals surface area contributed by atoms with Crippen LogP contribution in [0.5, 0.6) is 0 Å². The van der Waals surface area contributed by atoms with Gasteiger partial charge in [0.15, 0.2) is 0 Å². The number of aliphatic hydroxyl groups excluding tert-OH is 1. The fraction of sp³-hybridized carbons (Fsp3) is 0.654. The Labute approximate surface area is 201 Å². The molecule has 8 heteroatoms. The van der Waals surface area contributed by atoms with Crippen molar-refractivity contribution in [2.45, 2.75) is 70.2 Å². The smallest absolute Gasteiger partial charge is 0.246 e. The highest BCUT2D eigenvalue weighted by Crippen LogP contribution is 2.65. The minimum atomic E-state index is -1.03. The Bertz CT molecular complexity index is 924. The van der Waals surface area contributed by atoms with E-state index >= 15 is 0 Å². The number of hydrogen-bond donors (Lipinski definition) is 3. The lowest BCUT2D eigenvalue weighted by Crippen LogP contribution is -2.55. The molecule has 3 amide bonds. The molecule has 3 heterocycles. The van der Waals surface area contributed by atoms with Gasteiger partial charge in [0, 0.05) is 26.2 Å². The molecule has 3 fully saturated rings. The first-order valence-electron chi connectivity index (χ1n) is 12.5. The zero-order valence-electron chi connectivity index (χ0n) is 20.4. The number of hydrogen-bond acceptors (Lipinski definition) is 5. The fourth-order valence-electron chi connectivity index (χ4n) is 6.31. The maximum absolute atomic E-state index is 13.8. The third-order valence-electron chi connectivity index (χ3n) is 8.01. The van der Waals surface area contributed by atoms with Crippen molar-refractivity contribution < 1.29 is 24.2 Å². The van der Waals surface area contributed by atoms with Crippen molar-refractivity contribution in [3.05, 3.63) is 35.9 Å². The molecule has 0 aliphatic carbocycles. The predicted octanol–water partition coefficient (Wildman–Crippen LogP) is 1.61. The van der Waals surface area contributed by atoms with E-state index in [-0.39, 0.29) is 30.2 Å². The number of fused-ring (bicyclic) bond motifs is 1. The molecular weight excluding hydrogens is 434 g/mol. The van der Waals surface area contributed by atoms with E-state index < -0.39 is 29.1 Å². The van der Waals surface area contributed by atoms with Gasteiger partial charge in [-0.2, -0.15) is 0 Å². The largest absolute Gasteiger partial charge is 0.396 e. The lowest BCUT2D eigenvalue weighted by molar-refractivity contribution is -0.147. The minimum Gasteiger partial charge on any atom is -0.396 e. The molecule has 8 nitrogen and oxygen atoms in total. The molecule has 0 aromatic heterocycles. The fourth-order valence-corrected chi connectivity index (χ4v) is 6.31. The van der Waals surface area contributed by atoms with Crippen molar-refractivity contribution in [3.8, 4) is 0 Å². The van der Waals surface area contributed by atoms with Crippen LogP contribution in [0.2, 0.25) is 0 Å². The van der Waals surface area contributed by atoms with Gasteiger partial charge in [0.1, 0.15) is 11.6 Å². The average molecular weight is 472 g/mol. The number of carbonyl (C=O) groups excluding carboxylic acids is 3. The van der Waals surface area contributed by atoms with Crippen molar-refractivity contribution in [1.29, 1.82) is 0 Å². The molecule has 2 bridgehead atoms. The van der Waals surface area contributed by atoms with E-state index in [1.165, 1.54) is 0 Å². The van der Waals surface area contributed by atoms with Crippen molar-refractivity contribution in [3.63, 3.8) is 0 Å². The van der Waals surface area contributed by atoms with E-state index in [9.17, 15) is 19.5 Å². The summed E-state index contributed by atoms with van der Waals surface area (Å²) in [6, 6.07) is 8.83. The van der Waals surface area contributed by atoms with Gasteiger partial charge in [-0.15, -0.1) is 0 Å². The van der Waals surface area contributed by atoms with Crippen LogP contribution in [0.3, 0.4) is 0 Å². The third-order valence-corrected chi connectivity index (χ3v) is 8.01. The van der Waals surface area contributed by atoms with Gasteiger partial charge in [0.25, 0.3) is 0 Å². The Kier molecular flexibility index (Phi) is 7.01. The quantitative estimate of drug-likeness (QED) is 0.450. The van der Waals surface area contributed by atoms with Gasteiger partial charge in [0.05, 0.1) is 17.4 Å². The molecule has 3 aliphatic heterocycles. The van der Waals surface area contributed by atoms with Crippen LogP contribution in [-0.2, 0) is 25.7 Å². The second-order valence-corrected chi connectivity index (χ2v) is 10.2. The number of carbonyl (C=O) groups is 3. The van der Waals surface area contributed by atoms with E-state index in [1.807, 2.05) is 51.1 Å². The number of aliphatic hydroxyl groups is 1. The molecule has 3 unspecified atom stereocenters. The number of unbranched alkanes of at least 4 members (excludes halogenated alkanes) is 1. The summed E-state index contributed by atoms with van der Waals surface area (Å²) < 4.78 is 6.66. The van der Waals surface area contributed by atoms with Crippen LogP contribution < -0.4 is 10.6 Å². The molecule has 3 N–H and O–H groups in total. The van der Waals surface area contributed by atoms with Gasteiger partial charge < -0.3 is 25.4 Å². The number of likely N-dealkylation sites (tertiary alicyclic amines) is 1. The van der Waals surface area contributed by atoms with Crippen LogP contribution in [0.4, 0.5) is 0 Å². The minimum absolute atomic E-state index is 0.0229. The second-order valence-electron chi connectivity index (χ2n) is 10.2. The van der Waals surface area contributed by atoms with Crippen molar-refractivity contribution in [1.82, 2.24) is 15.5 Å². The summed E-state index contributed by atoms with van der Waals surface area (Å²) >= 11 is 0. The summed E-state index contributed by atoms with van der Waals surface area (Å²) in [5.41, 5.74) is -0.859. The highest BCUT2D eigenvalue weighted by atomic mass is 16.5. The van der Waals surface area contributed by atoms with Crippen LogP contribution >= 0.6 is 0 Å². The van der Waals surface area contributed by atoms with Crippen molar-refractivity contribution >= 4 is 17.7 Å². The Balaban J connectivity index is 1.66. The second kappa shape index (κ2) is 9.66. The Morgan fingerprint density at radius 2 is 1.91 bits per heavy atom. The monoisotopic (exact) mass is 471 g/mol. The highest BCUT2D eigenvalue weighted by Gasteiger charge is 2.79. The topological polar surface area (TPSA) is 108 Å². The average Bonchev–Trinajstić information content (AvgIpc) is 3.34. The van der Waals surface area contributed by atoms with Crippen LogP contribution in [0, 0.1) is 17.8 Å². The first-order valence-corrected chi connectivity index (χ1v) is 12.5. The zero-order chi connectivity index (χ0) is 24.5. The first-order chi connectivity index (χ1) is 16.3. The summed E-state index contributed by atoms with van der Waals surface area (Å²) in [5, 5.41) is 15.2.